The molecule has 8 rings (SSSR count). The van der Waals surface area contributed by atoms with Crippen LogP contribution in [0.1, 0.15) is 85.0 Å². The third-order valence-corrected chi connectivity index (χ3v) is 16.4. The second kappa shape index (κ2) is 17.0. The van der Waals surface area contributed by atoms with Crippen molar-refractivity contribution in [3.05, 3.63) is 11.6 Å². The molecule has 59 heavy (non-hydrogen) atoms. The van der Waals surface area contributed by atoms with Gasteiger partial charge in [-0.1, -0.05) is 13.8 Å². The van der Waals surface area contributed by atoms with Gasteiger partial charge in [0, 0.05) is 25.0 Å². The van der Waals surface area contributed by atoms with E-state index in [1.165, 1.54) is 0 Å². The average Bonchev–Trinajstić information content (AvgIpc) is 3.77. The fourth-order valence-electron chi connectivity index (χ4n) is 12.9. The summed E-state index contributed by atoms with van der Waals surface area (Å²) in [4.78, 5) is 12.0. The first-order valence-electron chi connectivity index (χ1n) is 21.7. The van der Waals surface area contributed by atoms with E-state index in [0.29, 0.717) is 24.9 Å². The molecule has 0 radical (unpaired) electrons. The largest absolute Gasteiger partial charge is 0.458 e. The van der Waals surface area contributed by atoms with E-state index in [9.17, 15) is 45.6 Å². The van der Waals surface area contributed by atoms with Gasteiger partial charge in [0.15, 0.2) is 18.9 Å². The summed E-state index contributed by atoms with van der Waals surface area (Å²) in [5, 5.41) is 85.0. The van der Waals surface area contributed by atoms with Gasteiger partial charge >= 0.3 is 5.97 Å². The molecule has 0 spiro atoms. The molecule has 8 aliphatic rings. The molecule has 8 N–H and O–H groups in total. The lowest BCUT2D eigenvalue weighted by Crippen LogP contribution is -2.63. The highest BCUT2D eigenvalue weighted by atomic mass is 16.8. The average molecular weight is 843 g/mol. The fraction of sp³-hybridized carbons (Fsp3) is 0.929. The summed E-state index contributed by atoms with van der Waals surface area (Å²) in [6.07, 6.45) is -7.54. The van der Waals surface area contributed by atoms with Gasteiger partial charge < -0.3 is 78.7 Å². The van der Waals surface area contributed by atoms with E-state index in [1.807, 2.05) is 0 Å². The van der Waals surface area contributed by atoms with Gasteiger partial charge in [-0.05, 0) is 99.4 Å². The zero-order valence-electron chi connectivity index (χ0n) is 34.5. The number of esters is 1. The van der Waals surface area contributed by atoms with E-state index in [0.717, 1.165) is 63.4 Å². The highest BCUT2D eigenvalue weighted by Crippen LogP contribution is 2.70. The minimum absolute atomic E-state index is 0.0268. The maximum absolute atomic E-state index is 12.6. The molecule has 0 aromatic heterocycles. The maximum Gasteiger partial charge on any atom is 0.331 e. The Kier molecular flexibility index (Phi) is 12.7. The van der Waals surface area contributed by atoms with Crippen molar-refractivity contribution >= 4 is 5.97 Å². The Morgan fingerprint density at radius 3 is 2.19 bits per heavy atom. The van der Waals surface area contributed by atoms with Gasteiger partial charge in [-0.15, -0.1) is 0 Å². The van der Waals surface area contributed by atoms with E-state index in [-0.39, 0.29) is 34.7 Å². The number of carbonyl (C=O) groups excluding carboxylic acids is 1. The summed E-state index contributed by atoms with van der Waals surface area (Å²) >= 11 is 0. The Balaban J connectivity index is 0.857. The van der Waals surface area contributed by atoms with Crippen LogP contribution in [0.4, 0.5) is 0 Å². The number of hydrogen-bond donors (Lipinski definition) is 8. The minimum Gasteiger partial charge on any atom is -0.458 e. The number of methoxy groups -OCH3 is 1. The molecule has 7 fully saturated rings. The molecule has 336 valence electrons. The van der Waals surface area contributed by atoms with Crippen LogP contribution in [0.3, 0.4) is 0 Å². The monoisotopic (exact) mass is 842 g/mol. The lowest BCUT2D eigenvalue weighted by atomic mass is 9.43. The highest BCUT2D eigenvalue weighted by Gasteiger charge is 2.68. The third kappa shape index (κ3) is 7.64. The first-order chi connectivity index (χ1) is 28.0. The van der Waals surface area contributed by atoms with E-state index in [4.69, 9.17) is 37.9 Å². The Bertz CT molecular complexity index is 1530. The highest BCUT2D eigenvalue weighted by molar-refractivity contribution is 5.85. The number of cyclic esters (lactones) is 1. The lowest BCUT2D eigenvalue weighted by molar-refractivity contribution is -0.355. The van der Waals surface area contributed by atoms with Crippen molar-refractivity contribution in [3.63, 3.8) is 0 Å². The van der Waals surface area contributed by atoms with E-state index in [1.54, 1.807) is 20.1 Å². The topological polar surface area (TPSA) is 253 Å². The predicted molar refractivity (Wildman–Crippen MR) is 202 cm³/mol. The van der Waals surface area contributed by atoms with Gasteiger partial charge in [-0.2, -0.15) is 0 Å². The van der Waals surface area contributed by atoms with Crippen LogP contribution < -0.4 is 0 Å². The molecule has 0 amide bonds. The molecular formula is C42H66O17. The number of aliphatic hydroxyl groups excluding tert-OH is 7. The molecule has 4 heterocycles. The second-order valence-electron chi connectivity index (χ2n) is 19.3. The predicted octanol–water partition coefficient (Wildman–Crippen LogP) is -0.212. The van der Waals surface area contributed by atoms with Crippen molar-refractivity contribution in [3.8, 4) is 0 Å². The van der Waals surface area contributed by atoms with Crippen LogP contribution in [0, 0.1) is 34.5 Å². The van der Waals surface area contributed by atoms with E-state index >= 15 is 0 Å². The Morgan fingerprint density at radius 2 is 1.49 bits per heavy atom. The fourth-order valence-corrected chi connectivity index (χ4v) is 12.9. The summed E-state index contributed by atoms with van der Waals surface area (Å²) in [5.74, 6) is 0.957. The van der Waals surface area contributed by atoms with Gasteiger partial charge in [0.05, 0.1) is 37.1 Å². The molecule has 0 bridgehead atoms. The molecule has 17 heteroatoms. The molecule has 17 nitrogen and oxygen atoms in total. The number of rotatable bonds is 10. The van der Waals surface area contributed by atoms with Crippen molar-refractivity contribution < 1.29 is 83.5 Å². The van der Waals surface area contributed by atoms with E-state index in [2.05, 4.69) is 13.8 Å². The smallest absolute Gasteiger partial charge is 0.331 e. The van der Waals surface area contributed by atoms with Crippen LogP contribution in [0.2, 0.25) is 0 Å². The normalized spacial score (nSPS) is 53.9. The van der Waals surface area contributed by atoms with Crippen molar-refractivity contribution in [2.75, 3.05) is 26.9 Å². The standard InChI is InChI=1S/C42H66O17/c1-19-37(59-39-36(50)34(48)32(46)28(58-39)18-54-38-35(49)33(47)31(45)27(16-43)57-38)26(52-4)15-30(55-19)56-22-7-10-40(2)21(14-22)5-6-25-24(40)8-11-41(3)23(9-12-42(25,41)51)20-13-29(44)53-17-20/h13,19,21-28,30-39,43,45-51H,5-12,14-18H2,1-4H3/t19-,21-,22+,23-,24+,25+,26-,27-,28+,30+,31-,32+,33+,34-,35+,36+,37-,38-,39-,40+,41-,42+/m1/s1. The van der Waals surface area contributed by atoms with Crippen molar-refractivity contribution in [2.45, 2.75) is 183 Å². The Morgan fingerprint density at radius 1 is 0.780 bits per heavy atom. The Hall–Kier alpha value is -1.39. The SMILES string of the molecule is CO[C@@H]1C[C@H](O[C@H]2CC[C@@]3(C)[C@H](CC[C@H]4[C@@H]3CC[C@]3(C)[C@@H](C5=CC(=O)OC5)CC[C@]43O)C2)O[C@H](C)[C@H]1O[C@H]1O[C@@H](CO[C@@H]2O[C@H](CO)[C@@H](O)[C@H](O)[C@@H]2O)[C@H](O)[C@@H](O)[C@@H]1O. The van der Waals surface area contributed by atoms with Crippen LogP contribution in [0.25, 0.3) is 0 Å². The minimum atomic E-state index is -1.70. The summed E-state index contributed by atoms with van der Waals surface area (Å²) in [6, 6.07) is 0. The van der Waals surface area contributed by atoms with Crippen LogP contribution in [0.15, 0.2) is 11.6 Å². The first kappa shape index (κ1) is 44.2. The molecule has 4 aliphatic carbocycles. The number of fused-ring (bicyclic) bond motifs is 5. The molecule has 22 atom stereocenters. The zero-order chi connectivity index (χ0) is 42.2. The summed E-state index contributed by atoms with van der Waals surface area (Å²) in [7, 11) is 1.54. The van der Waals surface area contributed by atoms with Crippen LogP contribution >= 0.6 is 0 Å². The summed E-state index contributed by atoms with van der Waals surface area (Å²) in [6.45, 7) is 5.69. The second-order valence-corrected chi connectivity index (χ2v) is 19.3. The zero-order valence-corrected chi connectivity index (χ0v) is 34.5. The first-order valence-corrected chi connectivity index (χ1v) is 21.7. The van der Waals surface area contributed by atoms with Gasteiger partial charge in [-0.3, -0.25) is 0 Å². The molecule has 0 aromatic rings. The van der Waals surface area contributed by atoms with Gasteiger partial charge in [0.1, 0.15) is 61.5 Å². The van der Waals surface area contributed by atoms with Gasteiger partial charge in [0.25, 0.3) is 0 Å². The molecular weight excluding hydrogens is 776 g/mol. The third-order valence-electron chi connectivity index (χ3n) is 16.4. The number of ether oxygens (including phenoxy) is 8. The van der Waals surface area contributed by atoms with Gasteiger partial charge in [-0.25, -0.2) is 4.79 Å². The Labute approximate surface area is 344 Å². The quantitative estimate of drug-likeness (QED) is 0.105. The lowest BCUT2D eigenvalue weighted by Gasteiger charge is -2.64. The van der Waals surface area contributed by atoms with E-state index < -0.39 is 105 Å². The van der Waals surface area contributed by atoms with Crippen LogP contribution in [-0.2, 0) is 42.7 Å². The van der Waals surface area contributed by atoms with Crippen molar-refractivity contribution in [2.24, 2.45) is 34.5 Å². The number of hydrogen-bond acceptors (Lipinski definition) is 17. The van der Waals surface area contributed by atoms with Crippen molar-refractivity contribution in [1.29, 1.82) is 0 Å². The number of carbonyl (C=O) groups is 1. The van der Waals surface area contributed by atoms with Crippen molar-refractivity contribution in [1.82, 2.24) is 0 Å². The molecule has 4 aliphatic heterocycles. The van der Waals surface area contributed by atoms with Crippen LogP contribution in [-0.4, -0.2) is 171 Å². The molecule has 3 saturated heterocycles. The summed E-state index contributed by atoms with van der Waals surface area (Å²) < 4.78 is 47.2. The van der Waals surface area contributed by atoms with Gasteiger partial charge in [0.2, 0.25) is 0 Å². The molecule has 0 aromatic carbocycles. The molecule has 4 saturated carbocycles. The number of aliphatic hydroxyl groups is 8. The maximum atomic E-state index is 12.6. The van der Waals surface area contributed by atoms with Crippen LogP contribution in [0.5, 0.6) is 0 Å². The summed E-state index contributed by atoms with van der Waals surface area (Å²) in [5.41, 5.74) is 0.0761. The molecule has 0 unspecified atom stereocenters.